The molecular weight excluding hydrogens is 200 g/mol. The predicted octanol–water partition coefficient (Wildman–Crippen LogP) is 2.46. The van der Waals surface area contributed by atoms with Crippen molar-refractivity contribution in [1.29, 1.82) is 0 Å². The second kappa shape index (κ2) is 3.98. The molecule has 1 aliphatic carbocycles. The van der Waals surface area contributed by atoms with Gasteiger partial charge in [0.2, 0.25) is 0 Å². The maximum Gasteiger partial charge on any atom is 0.262 e. The molecule has 2 aliphatic rings. The van der Waals surface area contributed by atoms with Crippen LogP contribution in [0.4, 0.5) is 8.78 Å². The lowest BCUT2D eigenvalue weighted by molar-refractivity contribution is -0.0874. The molecule has 88 valence electrons. The third-order valence-corrected chi connectivity index (χ3v) is 3.68. The summed E-state index contributed by atoms with van der Waals surface area (Å²) in [7, 11) is 0. The minimum atomic E-state index is -2.76. The van der Waals surface area contributed by atoms with Gasteiger partial charge in [0.1, 0.15) is 0 Å². The molecular formula is C11H19F2NO. The number of hydrogen-bond donors (Lipinski definition) is 1. The van der Waals surface area contributed by atoms with Gasteiger partial charge >= 0.3 is 0 Å². The highest BCUT2D eigenvalue weighted by Crippen LogP contribution is 2.45. The molecule has 2 N–H and O–H groups in total. The summed E-state index contributed by atoms with van der Waals surface area (Å²) in [6.45, 7) is -0.570. The van der Waals surface area contributed by atoms with Crippen LogP contribution in [-0.4, -0.2) is 24.2 Å². The molecule has 15 heavy (non-hydrogen) atoms. The number of halogens is 2. The number of ether oxygens (including phenoxy) is 1. The molecule has 1 saturated heterocycles. The Bertz CT molecular complexity index is 227. The van der Waals surface area contributed by atoms with E-state index in [4.69, 9.17) is 10.5 Å². The van der Waals surface area contributed by atoms with Crippen LogP contribution in [-0.2, 0) is 4.74 Å². The lowest BCUT2D eigenvalue weighted by Crippen LogP contribution is -2.33. The Hall–Kier alpha value is -0.220. The standard InChI is InChI=1S/C11H19F2NO/c12-11(13,8-14)7-9-3-6-10(15-9)4-1-2-5-10/h9H,1-8,14H2. The van der Waals surface area contributed by atoms with Gasteiger partial charge in [-0.15, -0.1) is 0 Å². The molecule has 0 aromatic heterocycles. The van der Waals surface area contributed by atoms with Crippen molar-refractivity contribution in [3.8, 4) is 0 Å². The van der Waals surface area contributed by atoms with Crippen molar-refractivity contribution in [2.24, 2.45) is 5.73 Å². The van der Waals surface area contributed by atoms with Crippen LogP contribution in [0.15, 0.2) is 0 Å². The Kier molecular flexibility index (Phi) is 2.99. The fourth-order valence-electron chi connectivity index (χ4n) is 2.84. The summed E-state index contributed by atoms with van der Waals surface area (Å²) in [5.74, 6) is -2.76. The summed E-state index contributed by atoms with van der Waals surface area (Å²) in [4.78, 5) is 0. The third kappa shape index (κ3) is 2.48. The maximum absolute atomic E-state index is 13.1. The largest absolute Gasteiger partial charge is 0.372 e. The van der Waals surface area contributed by atoms with Crippen LogP contribution < -0.4 is 5.73 Å². The van der Waals surface area contributed by atoms with E-state index in [1.165, 1.54) is 12.8 Å². The van der Waals surface area contributed by atoms with Crippen molar-refractivity contribution >= 4 is 0 Å². The molecule has 0 aromatic rings. The molecule has 1 spiro atoms. The van der Waals surface area contributed by atoms with Gasteiger partial charge in [0.25, 0.3) is 5.92 Å². The lowest BCUT2D eigenvalue weighted by atomic mass is 9.97. The van der Waals surface area contributed by atoms with Gasteiger partial charge in [-0.05, 0) is 25.7 Å². The van der Waals surface area contributed by atoms with Crippen LogP contribution in [0.3, 0.4) is 0 Å². The lowest BCUT2D eigenvalue weighted by Gasteiger charge is -2.25. The zero-order valence-corrected chi connectivity index (χ0v) is 8.98. The van der Waals surface area contributed by atoms with Gasteiger partial charge in [-0.2, -0.15) is 0 Å². The first kappa shape index (κ1) is 11.3. The molecule has 0 radical (unpaired) electrons. The maximum atomic E-state index is 13.1. The number of rotatable bonds is 3. The van der Waals surface area contributed by atoms with Crippen LogP contribution in [0, 0.1) is 0 Å². The van der Waals surface area contributed by atoms with Crippen molar-refractivity contribution < 1.29 is 13.5 Å². The average molecular weight is 219 g/mol. The summed E-state index contributed by atoms with van der Waals surface area (Å²) >= 11 is 0. The van der Waals surface area contributed by atoms with Crippen LogP contribution >= 0.6 is 0 Å². The second-order valence-corrected chi connectivity index (χ2v) is 4.93. The van der Waals surface area contributed by atoms with E-state index >= 15 is 0 Å². The second-order valence-electron chi connectivity index (χ2n) is 4.93. The van der Waals surface area contributed by atoms with Gasteiger partial charge in [-0.3, -0.25) is 0 Å². The van der Waals surface area contributed by atoms with Gasteiger partial charge in [0.15, 0.2) is 0 Å². The number of hydrogen-bond acceptors (Lipinski definition) is 2. The molecule has 0 aromatic carbocycles. The Morgan fingerprint density at radius 3 is 2.53 bits per heavy atom. The SMILES string of the molecule is NCC(F)(F)CC1CCC2(CCCC2)O1. The normalized spacial score (nSPS) is 30.2. The minimum absolute atomic E-state index is 0.0463. The van der Waals surface area contributed by atoms with E-state index in [1.54, 1.807) is 0 Å². The average Bonchev–Trinajstić information content (AvgIpc) is 2.78. The summed E-state index contributed by atoms with van der Waals surface area (Å²) in [6.07, 6.45) is 5.72. The van der Waals surface area contributed by atoms with E-state index in [0.717, 1.165) is 25.7 Å². The first-order valence-electron chi connectivity index (χ1n) is 5.81. The van der Waals surface area contributed by atoms with E-state index in [0.29, 0.717) is 0 Å². The summed E-state index contributed by atoms with van der Waals surface area (Å²) in [5, 5.41) is 0. The van der Waals surface area contributed by atoms with Crippen LogP contribution in [0.5, 0.6) is 0 Å². The van der Waals surface area contributed by atoms with Crippen LogP contribution in [0.1, 0.15) is 44.9 Å². The first-order valence-corrected chi connectivity index (χ1v) is 5.81. The van der Waals surface area contributed by atoms with E-state index in [9.17, 15) is 8.78 Å². The Morgan fingerprint density at radius 2 is 1.93 bits per heavy atom. The van der Waals surface area contributed by atoms with Crippen LogP contribution in [0.25, 0.3) is 0 Å². The highest BCUT2D eigenvalue weighted by molar-refractivity contribution is 4.93. The van der Waals surface area contributed by atoms with Crippen LogP contribution in [0.2, 0.25) is 0 Å². The quantitative estimate of drug-likeness (QED) is 0.791. The van der Waals surface area contributed by atoms with E-state index in [1.807, 2.05) is 0 Å². The van der Waals surface area contributed by atoms with Gasteiger partial charge < -0.3 is 10.5 Å². The van der Waals surface area contributed by atoms with Gasteiger partial charge in [-0.1, -0.05) is 12.8 Å². The van der Waals surface area contributed by atoms with Gasteiger partial charge in [-0.25, -0.2) is 8.78 Å². The molecule has 1 unspecified atom stereocenters. The first-order chi connectivity index (χ1) is 7.05. The molecule has 1 heterocycles. The van der Waals surface area contributed by atoms with Crippen molar-refractivity contribution in [1.82, 2.24) is 0 Å². The minimum Gasteiger partial charge on any atom is -0.372 e. The monoisotopic (exact) mass is 219 g/mol. The molecule has 2 fully saturated rings. The van der Waals surface area contributed by atoms with Crippen molar-refractivity contribution in [3.05, 3.63) is 0 Å². The Morgan fingerprint density at radius 1 is 1.27 bits per heavy atom. The molecule has 0 bridgehead atoms. The third-order valence-electron chi connectivity index (χ3n) is 3.68. The van der Waals surface area contributed by atoms with Crippen molar-refractivity contribution in [2.75, 3.05) is 6.54 Å². The summed E-state index contributed by atoms with van der Waals surface area (Å²) in [6, 6.07) is 0. The van der Waals surface area contributed by atoms with Crippen molar-refractivity contribution in [3.63, 3.8) is 0 Å². The molecule has 0 amide bonds. The predicted molar refractivity (Wildman–Crippen MR) is 53.9 cm³/mol. The zero-order valence-electron chi connectivity index (χ0n) is 8.98. The Labute approximate surface area is 89.2 Å². The van der Waals surface area contributed by atoms with E-state index in [-0.39, 0.29) is 18.1 Å². The van der Waals surface area contributed by atoms with Gasteiger partial charge in [0, 0.05) is 6.42 Å². The molecule has 1 aliphatic heterocycles. The highest BCUT2D eigenvalue weighted by atomic mass is 19.3. The van der Waals surface area contributed by atoms with E-state index < -0.39 is 12.5 Å². The van der Waals surface area contributed by atoms with Crippen molar-refractivity contribution in [2.45, 2.75) is 62.6 Å². The molecule has 4 heteroatoms. The molecule has 1 saturated carbocycles. The summed E-state index contributed by atoms with van der Waals surface area (Å²) < 4.78 is 32.0. The number of alkyl halides is 2. The number of nitrogens with two attached hydrogens (primary N) is 1. The zero-order chi connectivity index (χ0) is 10.9. The topological polar surface area (TPSA) is 35.2 Å². The smallest absolute Gasteiger partial charge is 0.262 e. The molecule has 2 nitrogen and oxygen atoms in total. The molecule has 2 rings (SSSR count). The van der Waals surface area contributed by atoms with Gasteiger partial charge in [0.05, 0.1) is 18.2 Å². The fourth-order valence-corrected chi connectivity index (χ4v) is 2.84. The van der Waals surface area contributed by atoms with E-state index in [2.05, 4.69) is 0 Å². The Balaban J connectivity index is 1.87. The highest BCUT2D eigenvalue weighted by Gasteiger charge is 2.44. The molecule has 1 atom stereocenters. The fraction of sp³-hybridized carbons (Fsp3) is 1.00. The summed E-state index contributed by atoms with van der Waals surface area (Å²) in [5.41, 5.74) is 4.98.